The van der Waals surface area contributed by atoms with E-state index in [2.05, 4.69) is 16.4 Å². The van der Waals surface area contributed by atoms with Gasteiger partial charge in [-0.2, -0.15) is 0 Å². The summed E-state index contributed by atoms with van der Waals surface area (Å²) in [4.78, 5) is 32.5. The van der Waals surface area contributed by atoms with Crippen molar-refractivity contribution >= 4 is 11.9 Å². The van der Waals surface area contributed by atoms with Crippen LogP contribution in [-0.4, -0.2) is 39.8 Å². The first-order chi connectivity index (χ1) is 13.7. The molecule has 1 N–H and O–H groups in total. The Hall–Kier alpha value is -2.89. The molecule has 6 nitrogen and oxygen atoms in total. The van der Waals surface area contributed by atoms with E-state index >= 15 is 0 Å². The summed E-state index contributed by atoms with van der Waals surface area (Å²) in [7, 11) is 0. The largest absolute Gasteiger partial charge is 0.338 e. The van der Waals surface area contributed by atoms with Crippen molar-refractivity contribution in [2.24, 2.45) is 0 Å². The van der Waals surface area contributed by atoms with Gasteiger partial charge in [-0.15, -0.1) is 0 Å². The normalized spacial score (nSPS) is 19.3. The maximum atomic E-state index is 12.8. The minimum atomic E-state index is -0.0283. The number of rotatable bonds is 5. The van der Waals surface area contributed by atoms with Gasteiger partial charge in [0.2, 0.25) is 5.91 Å². The van der Waals surface area contributed by atoms with Gasteiger partial charge >= 0.3 is 6.03 Å². The molecule has 0 saturated carbocycles. The topological polar surface area (TPSA) is 65.5 Å². The van der Waals surface area contributed by atoms with E-state index in [-0.39, 0.29) is 18.0 Å². The summed E-state index contributed by atoms with van der Waals surface area (Å²) in [6.45, 7) is 2.75. The molecule has 6 heteroatoms. The Morgan fingerprint density at radius 1 is 1.11 bits per heavy atom. The molecule has 2 fully saturated rings. The van der Waals surface area contributed by atoms with Crippen LogP contribution < -0.4 is 5.32 Å². The molecule has 1 unspecified atom stereocenters. The molecule has 1 aromatic carbocycles. The molecule has 2 aliphatic heterocycles. The van der Waals surface area contributed by atoms with Crippen molar-refractivity contribution in [3.05, 3.63) is 65.5 Å². The lowest BCUT2D eigenvalue weighted by atomic mass is 10.1. The van der Waals surface area contributed by atoms with Crippen molar-refractivity contribution in [3.8, 4) is 0 Å². The SMILES string of the molecule is O=C1CCCN1Cc1cccc(CNC(=O)N2CCCC2c2ccncc2)c1. The molecular formula is C22H26N4O2. The van der Waals surface area contributed by atoms with E-state index in [0.29, 0.717) is 19.5 Å². The van der Waals surface area contributed by atoms with Gasteiger partial charge in [0.15, 0.2) is 0 Å². The van der Waals surface area contributed by atoms with E-state index in [9.17, 15) is 9.59 Å². The van der Waals surface area contributed by atoms with Crippen molar-refractivity contribution in [1.82, 2.24) is 20.1 Å². The van der Waals surface area contributed by atoms with E-state index in [4.69, 9.17) is 0 Å². The van der Waals surface area contributed by atoms with E-state index in [1.165, 1.54) is 0 Å². The van der Waals surface area contributed by atoms with Gasteiger partial charge in [-0.25, -0.2) is 4.79 Å². The lowest BCUT2D eigenvalue weighted by Crippen LogP contribution is -2.39. The zero-order chi connectivity index (χ0) is 19.3. The number of pyridine rings is 1. The number of aromatic nitrogens is 1. The summed E-state index contributed by atoms with van der Waals surface area (Å²) in [6, 6.07) is 12.2. The second-order valence-corrected chi connectivity index (χ2v) is 7.53. The predicted molar refractivity (Wildman–Crippen MR) is 106 cm³/mol. The lowest BCUT2D eigenvalue weighted by molar-refractivity contribution is -0.128. The number of amides is 3. The molecule has 2 aromatic rings. The van der Waals surface area contributed by atoms with Crippen molar-refractivity contribution < 1.29 is 9.59 Å². The van der Waals surface area contributed by atoms with Crippen LogP contribution in [0, 0.1) is 0 Å². The van der Waals surface area contributed by atoms with Crippen molar-refractivity contribution in [2.45, 2.75) is 44.8 Å². The van der Waals surface area contributed by atoms with Gasteiger partial charge in [0.25, 0.3) is 0 Å². The molecule has 3 amide bonds. The fourth-order valence-electron chi connectivity index (χ4n) is 4.15. The molecule has 1 atom stereocenters. The summed E-state index contributed by atoms with van der Waals surface area (Å²) in [5, 5.41) is 3.06. The molecule has 28 heavy (non-hydrogen) atoms. The first kappa shape index (κ1) is 18.5. The first-order valence-electron chi connectivity index (χ1n) is 10.0. The smallest absolute Gasteiger partial charge is 0.318 e. The van der Waals surface area contributed by atoms with E-state index < -0.39 is 0 Å². The van der Waals surface area contributed by atoms with Crippen LogP contribution in [0.3, 0.4) is 0 Å². The lowest BCUT2D eigenvalue weighted by Gasteiger charge is -2.25. The maximum Gasteiger partial charge on any atom is 0.318 e. The summed E-state index contributed by atoms with van der Waals surface area (Å²) < 4.78 is 0. The number of benzene rings is 1. The quantitative estimate of drug-likeness (QED) is 0.869. The Kier molecular flexibility index (Phi) is 5.55. The number of carbonyl (C=O) groups excluding carboxylic acids is 2. The zero-order valence-electron chi connectivity index (χ0n) is 16.0. The molecule has 0 radical (unpaired) electrons. The monoisotopic (exact) mass is 378 g/mol. The molecule has 3 heterocycles. The van der Waals surface area contributed by atoms with E-state index in [1.54, 1.807) is 12.4 Å². The highest BCUT2D eigenvalue weighted by atomic mass is 16.2. The average Bonchev–Trinajstić information content (AvgIpc) is 3.37. The van der Waals surface area contributed by atoms with Crippen LogP contribution in [0.5, 0.6) is 0 Å². The average molecular weight is 378 g/mol. The fraction of sp³-hybridized carbons (Fsp3) is 0.409. The Labute approximate surface area is 165 Å². The third kappa shape index (κ3) is 4.16. The minimum Gasteiger partial charge on any atom is -0.338 e. The van der Waals surface area contributed by atoms with Gasteiger partial charge in [-0.05, 0) is 48.1 Å². The Morgan fingerprint density at radius 2 is 1.93 bits per heavy atom. The van der Waals surface area contributed by atoms with Crippen molar-refractivity contribution in [1.29, 1.82) is 0 Å². The Balaban J connectivity index is 1.35. The van der Waals surface area contributed by atoms with E-state index in [0.717, 1.165) is 49.0 Å². The van der Waals surface area contributed by atoms with E-state index in [1.807, 2.05) is 40.1 Å². The van der Waals surface area contributed by atoms with Gasteiger partial charge in [0.1, 0.15) is 0 Å². The summed E-state index contributed by atoms with van der Waals surface area (Å²) >= 11 is 0. The number of hydrogen-bond donors (Lipinski definition) is 1. The van der Waals surface area contributed by atoms with Crippen LogP contribution in [-0.2, 0) is 17.9 Å². The van der Waals surface area contributed by atoms with Gasteiger partial charge in [0.05, 0.1) is 6.04 Å². The standard InChI is InChI=1S/C22H26N4O2/c27-21-7-3-12-25(21)16-18-5-1-4-17(14-18)15-24-22(28)26-13-2-6-20(26)19-8-10-23-11-9-19/h1,4-5,8-11,14,20H,2-3,6-7,12-13,15-16H2,(H,24,28). The minimum absolute atomic E-state index is 0.0283. The zero-order valence-corrected chi connectivity index (χ0v) is 16.0. The van der Waals surface area contributed by atoms with Crippen LogP contribution in [0.15, 0.2) is 48.8 Å². The van der Waals surface area contributed by atoms with Crippen LogP contribution >= 0.6 is 0 Å². The second-order valence-electron chi connectivity index (χ2n) is 7.53. The first-order valence-corrected chi connectivity index (χ1v) is 10.0. The highest BCUT2D eigenvalue weighted by Gasteiger charge is 2.29. The highest BCUT2D eigenvalue weighted by Crippen LogP contribution is 2.31. The number of likely N-dealkylation sites (tertiary alicyclic amines) is 2. The predicted octanol–water partition coefficient (Wildman–Crippen LogP) is 3.25. The molecule has 146 valence electrons. The van der Waals surface area contributed by atoms with Crippen LogP contribution in [0.4, 0.5) is 4.79 Å². The number of nitrogens with zero attached hydrogens (tertiary/aromatic N) is 3. The van der Waals surface area contributed by atoms with Crippen LogP contribution in [0.2, 0.25) is 0 Å². The summed E-state index contributed by atoms with van der Waals surface area (Å²) in [5.41, 5.74) is 3.30. The molecule has 0 bridgehead atoms. The summed E-state index contributed by atoms with van der Waals surface area (Å²) in [5.74, 6) is 0.231. The Bertz CT molecular complexity index is 839. The molecule has 0 spiro atoms. The van der Waals surface area contributed by atoms with Crippen LogP contribution in [0.25, 0.3) is 0 Å². The van der Waals surface area contributed by atoms with Crippen molar-refractivity contribution in [2.75, 3.05) is 13.1 Å². The fourth-order valence-corrected chi connectivity index (χ4v) is 4.15. The number of urea groups is 1. The molecule has 4 rings (SSSR count). The number of carbonyl (C=O) groups is 2. The van der Waals surface area contributed by atoms with Gasteiger partial charge < -0.3 is 15.1 Å². The second kappa shape index (κ2) is 8.42. The highest BCUT2D eigenvalue weighted by molar-refractivity contribution is 5.78. The van der Waals surface area contributed by atoms with Gasteiger partial charge in [0, 0.05) is 45.0 Å². The molecular weight excluding hydrogens is 352 g/mol. The van der Waals surface area contributed by atoms with Gasteiger partial charge in [-0.1, -0.05) is 24.3 Å². The number of nitrogens with one attached hydrogen (secondary N) is 1. The summed E-state index contributed by atoms with van der Waals surface area (Å²) in [6.07, 6.45) is 7.16. The molecule has 2 saturated heterocycles. The third-order valence-electron chi connectivity index (χ3n) is 5.58. The molecule has 0 aliphatic carbocycles. The Morgan fingerprint density at radius 3 is 2.71 bits per heavy atom. The molecule has 2 aliphatic rings. The number of hydrogen-bond acceptors (Lipinski definition) is 3. The third-order valence-corrected chi connectivity index (χ3v) is 5.58. The van der Waals surface area contributed by atoms with Gasteiger partial charge in [-0.3, -0.25) is 9.78 Å². The van der Waals surface area contributed by atoms with Crippen molar-refractivity contribution in [3.63, 3.8) is 0 Å². The maximum absolute atomic E-state index is 12.8. The van der Waals surface area contributed by atoms with Crippen LogP contribution in [0.1, 0.15) is 48.4 Å². The molecule has 1 aromatic heterocycles.